The van der Waals surface area contributed by atoms with Gasteiger partial charge in [-0.15, -0.1) is 0 Å². The van der Waals surface area contributed by atoms with E-state index in [1.807, 2.05) is 0 Å². The minimum Gasteiger partial charge on any atom is -0.466 e. The van der Waals surface area contributed by atoms with E-state index in [1.54, 1.807) is 31.2 Å². The zero-order chi connectivity index (χ0) is 22.3. The second kappa shape index (κ2) is 8.42. The van der Waals surface area contributed by atoms with Crippen molar-refractivity contribution in [3.05, 3.63) is 100 Å². The molecule has 0 saturated carbocycles. The van der Waals surface area contributed by atoms with Crippen molar-refractivity contribution >= 4 is 46.6 Å². The number of rotatable bonds is 3. The van der Waals surface area contributed by atoms with Gasteiger partial charge >= 0.3 is 5.97 Å². The number of esters is 1. The normalized spacial score (nSPS) is 16.2. The van der Waals surface area contributed by atoms with Crippen molar-refractivity contribution in [1.82, 2.24) is 4.57 Å². The van der Waals surface area contributed by atoms with Crippen LogP contribution in [0, 0.1) is 5.82 Å². The first kappa shape index (κ1) is 21.5. The van der Waals surface area contributed by atoms with E-state index >= 15 is 0 Å². The van der Waals surface area contributed by atoms with E-state index in [9.17, 15) is 14.0 Å². The molecule has 2 heterocycles. The smallest absolute Gasteiger partial charge is 0.338 e. The lowest BCUT2D eigenvalue weighted by Crippen LogP contribution is -2.39. The molecule has 0 saturated heterocycles. The van der Waals surface area contributed by atoms with Gasteiger partial charge in [0, 0.05) is 10.0 Å². The Bertz CT molecular complexity index is 1410. The van der Waals surface area contributed by atoms with Crippen molar-refractivity contribution in [2.24, 2.45) is 4.99 Å². The molecule has 0 N–H and O–H groups in total. The Kier molecular flexibility index (Phi) is 5.83. The summed E-state index contributed by atoms with van der Waals surface area (Å²) in [5.74, 6) is -1.03. The summed E-state index contributed by atoms with van der Waals surface area (Å²) in [6.07, 6.45) is 1.65. The number of halogens is 3. The molecule has 158 valence electrons. The molecule has 9 heteroatoms. The number of ether oxygens (including phenoxy) is 1. The van der Waals surface area contributed by atoms with Crippen LogP contribution in [0.1, 0.15) is 24.1 Å². The van der Waals surface area contributed by atoms with E-state index in [1.165, 1.54) is 47.3 Å². The third-order valence-corrected chi connectivity index (χ3v) is 6.41. The van der Waals surface area contributed by atoms with E-state index in [-0.39, 0.29) is 11.1 Å². The highest BCUT2D eigenvalue weighted by Gasteiger charge is 2.33. The van der Waals surface area contributed by atoms with Gasteiger partial charge in [-0.05, 0) is 48.4 Å². The molecule has 31 heavy (non-hydrogen) atoms. The van der Waals surface area contributed by atoms with Crippen LogP contribution in [0.15, 0.2) is 63.5 Å². The minimum atomic E-state index is -0.799. The Morgan fingerprint density at radius 3 is 2.58 bits per heavy atom. The molecule has 3 aromatic rings. The lowest BCUT2D eigenvalue weighted by atomic mass is 9.96. The van der Waals surface area contributed by atoms with Gasteiger partial charge in [0.1, 0.15) is 5.82 Å². The summed E-state index contributed by atoms with van der Waals surface area (Å²) < 4.78 is 20.3. The quantitative estimate of drug-likeness (QED) is 0.539. The molecule has 0 fully saturated rings. The number of hydrogen-bond acceptors (Lipinski definition) is 5. The van der Waals surface area contributed by atoms with Crippen LogP contribution in [0.4, 0.5) is 4.39 Å². The number of methoxy groups -OCH3 is 1. The summed E-state index contributed by atoms with van der Waals surface area (Å²) in [7, 11) is 1.26. The fourth-order valence-electron chi connectivity index (χ4n) is 3.41. The highest BCUT2D eigenvalue weighted by molar-refractivity contribution is 7.07. The van der Waals surface area contributed by atoms with Crippen LogP contribution >= 0.6 is 34.5 Å². The summed E-state index contributed by atoms with van der Waals surface area (Å²) >= 11 is 13.4. The van der Waals surface area contributed by atoms with Crippen molar-refractivity contribution in [2.45, 2.75) is 13.0 Å². The predicted molar refractivity (Wildman–Crippen MR) is 119 cm³/mol. The summed E-state index contributed by atoms with van der Waals surface area (Å²) in [4.78, 5) is 30.8. The van der Waals surface area contributed by atoms with Crippen molar-refractivity contribution in [1.29, 1.82) is 0 Å². The number of allylic oxidation sites excluding steroid dienone is 1. The highest BCUT2D eigenvalue weighted by atomic mass is 35.5. The van der Waals surface area contributed by atoms with E-state index in [4.69, 9.17) is 27.9 Å². The lowest BCUT2D eigenvalue weighted by molar-refractivity contribution is -0.136. The van der Waals surface area contributed by atoms with Crippen LogP contribution in [0.3, 0.4) is 0 Å². The summed E-state index contributed by atoms with van der Waals surface area (Å²) in [6.45, 7) is 1.68. The molecule has 0 bridgehead atoms. The SMILES string of the molecule is COC(=O)C1=C(C)N=c2s/c(=C\c3ccc(Cl)cc3Cl)c(=O)n2[C@@H]1c1ccc(F)cc1. The van der Waals surface area contributed by atoms with Crippen molar-refractivity contribution < 1.29 is 13.9 Å². The molecular formula is C22H15Cl2FN2O3S. The molecule has 1 aliphatic rings. The standard InChI is InChI=1S/C22H15Cl2FN2O3S/c1-11-18(21(29)30-2)19(12-4-7-15(25)8-5-12)27-20(28)17(31-22(27)26-11)9-13-3-6-14(23)10-16(13)24/h3-10,19H,1-2H3/b17-9-/t19-/m1/s1. The predicted octanol–water partition coefficient (Wildman–Crippen LogP) is 3.85. The summed E-state index contributed by atoms with van der Waals surface area (Å²) in [5.41, 5.74) is 1.49. The van der Waals surface area contributed by atoms with Crippen LogP contribution in [0.2, 0.25) is 10.0 Å². The van der Waals surface area contributed by atoms with Crippen molar-refractivity contribution in [3.8, 4) is 0 Å². The second-order valence-electron chi connectivity index (χ2n) is 6.79. The Balaban J connectivity index is 1.98. The van der Waals surface area contributed by atoms with Gasteiger partial charge in [-0.25, -0.2) is 14.2 Å². The van der Waals surface area contributed by atoms with Crippen LogP contribution in [-0.4, -0.2) is 17.6 Å². The number of nitrogens with zero attached hydrogens (tertiary/aromatic N) is 2. The topological polar surface area (TPSA) is 60.7 Å². The van der Waals surface area contributed by atoms with Gasteiger partial charge in [-0.3, -0.25) is 9.36 Å². The Labute approximate surface area is 190 Å². The molecule has 4 rings (SSSR count). The first-order valence-corrected chi connectivity index (χ1v) is 10.7. The van der Waals surface area contributed by atoms with Gasteiger partial charge in [0.2, 0.25) is 0 Å². The van der Waals surface area contributed by atoms with Crippen LogP contribution < -0.4 is 14.9 Å². The third-order valence-electron chi connectivity index (χ3n) is 4.86. The Hall–Kier alpha value is -2.74. The van der Waals surface area contributed by atoms with E-state index < -0.39 is 17.8 Å². The van der Waals surface area contributed by atoms with Gasteiger partial charge in [-0.1, -0.05) is 52.7 Å². The molecule has 5 nitrogen and oxygen atoms in total. The van der Waals surface area contributed by atoms with Crippen LogP contribution in [0.5, 0.6) is 0 Å². The fraction of sp³-hybridized carbons (Fsp3) is 0.136. The van der Waals surface area contributed by atoms with Gasteiger partial charge < -0.3 is 4.74 Å². The average molecular weight is 477 g/mol. The number of carbonyl (C=O) groups is 1. The average Bonchev–Trinajstić information content (AvgIpc) is 3.04. The number of thiazole rings is 1. The number of hydrogen-bond donors (Lipinski definition) is 0. The maximum Gasteiger partial charge on any atom is 0.338 e. The molecular weight excluding hydrogens is 462 g/mol. The van der Waals surface area contributed by atoms with Gasteiger partial charge in [0.25, 0.3) is 5.56 Å². The number of carbonyl (C=O) groups excluding carboxylic acids is 1. The lowest BCUT2D eigenvalue weighted by Gasteiger charge is -2.24. The zero-order valence-electron chi connectivity index (χ0n) is 16.4. The van der Waals surface area contributed by atoms with Gasteiger partial charge in [0.15, 0.2) is 4.80 Å². The molecule has 1 aliphatic heterocycles. The third kappa shape index (κ3) is 3.96. The van der Waals surface area contributed by atoms with Crippen LogP contribution in [-0.2, 0) is 9.53 Å². The van der Waals surface area contributed by atoms with Gasteiger partial charge in [-0.2, -0.15) is 0 Å². The Morgan fingerprint density at radius 2 is 1.94 bits per heavy atom. The molecule has 0 aliphatic carbocycles. The molecule has 0 radical (unpaired) electrons. The largest absolute Gasteiger partial charge is 0.466 e. The van der Waals surface area contributed by atoms with Gasteiger partial charge in [0.05, 0.1) is 29.0 Å². The summed E-state index contributed by atoms with van der Waals surface area (Å²) in [5, 5.41) is 0.887. The van der Waals surface area contributed by atoms with Crippen molar-refractivity contribution in [2.75, 3.05) is 7.11 Å². The molecule has 1 aromatic heterocycles. The van der Waals surface area contributed by atoms with E-state index in [0.29, 0.717) is 36.2 Å². The van der Waals surface area contributed by atoms with Crippen molar-refractivity contribution in [3.63, 3.8) is 0 Å². The van der Waals surface area contributed by atoms with Crippen LogP contribution in [0.25, 0.3) is 6.08 Å². The number of fused-ring (bicyclic) bond motifs is 1. The second-order valence-corrected chi connectivity index (χ2v) is 8.64. The minimum absolute atomic E-state index is 0.220. The van der Waals surface area contributed by atoms with E-state index in [2.05, 4.69) is 4.99 Å². The molecule has 0 spiro atoms. The Morgan fingerprint density at radius 1 is 1.23 bits per heavy atom. The maximum atomic E-state index is 13.5. The molecule has 0 unspecified atom stereocenters. The maximum absolute atomic E-state index is 13.5. The monoisotopic (exact) mass is 476 g/mol. The fourth-order valence-corrected chi connectivity index (χ4v) is 4.91. The number of aromatic nitrogens is 1. The highest BCUT2D eigenvalue weighted by Crippen LogP contribution is 2.30. The molecule has 2 aromatic carbocycles. The first-order valence-electron chi connectivity index (χ1n) is 9.11. The summed E-state index contributed by atoms with van der Waals surface area (Å²) in [6, 6.07) is 9.82. The molecule has 0 amide bonds. The number of benzene rings is 2. The first-order chi connectivity index (χ1) is 14.8. The van der Waals surface area contributed by atoms with E-state index in [0.717, 1.165) is 0 Å². The zero-order valence-corrected chi connectivity index (χ0v) is 18.7. The molecule has 1 atom stereocenters.